The number of anilines is 1. The molecule has 1 aliphatic rings. The Morgan fingerprint density at radius 3 is 2.02 bits per heavy atom. The van der Waals surface area contributed by atoms with E-state index in [4.69, 9.17) is 37.7 Å². The molecule has 1 amide bonds. The Labute approximate surface area is 367 Å². The first-order chi connectivity index (χ1) is 29.9. The van der Waals surface area contributed by atoms with Crippen molar-refractivity contribution in [3.63, 3.8) is 0 Å². The van der Waals surface area contributed by atoms with Gasteiger partial charge in [0.1, 0.15) is 47.0 Å². The zero-order valence-electron chi connectivity index (χ0n) is 36.5. The molecule has 0 spiro atoms. The highest BCUT2D eigenvalue weighted by molar-refractivity contribution is 7.44. The number of aromatic amines is 1. The summed E-state index contributed by atoms with van der Waals surface area (Å²) in [6, 6.07) is 27.6. The molecule has 5 aromatic rings. The lowest BCUT2D eigenvalue weighted by molar-refractivity contribution is -0.118. The number of fused-ring (bicyclic) bond motifs is 1. The maximum absolute atomic E-state index is 13.5. The standard InChI is InChI=1S/C45H55N6O9PS/c1-27(2)42(52)48-44-47-36-37(43(53)49-44)50-62-41(36)40-39(38(56-9)35(59-40)26-58-61(57-25-13-24-46)51(28(3)4)29(5)6)60-45(30-14-11-10-12-15-30,31-16-20-33(54-7)21-17-31)32-18-22-34(55-8)23-19-32/h10-12,14-23,27-29,35,38-40H,13,25-26H2,1-9H3,(H2,47,48,49,52,53)/t35-,38-,39-,40-,61?/m1/s1. The first-order valence-corrected chi connectivity index (χ1v) is 22.4. The number of nitrogens with zero attached hydrogens (tertiary/aromatic N) is 4. The lowest BCUT2D eigenvalue weighted by Crippen LogP contribution is -2.44. The predicted octanol–water partition coefficient (Wildman–Crippen LogP) is 8.12. The smallest absolute Gasteiger partial charge is 0.279 e. The molecule has 0 radical (unpaired) electrons. The summed E-state index contributed by atoms with van der Waals surface area (Å²) in [5, 5.41) is 12.1. The van der Waals surface area contributed by atoms with E-state index in [1.54, 1.807) is 35.2 Å². The summed E-state index contributed by atoms with van der Waals surface area (Å²) in [6.07, 6.45) is -3.16. The molecule has 2 aromatic heterocycles. The molecule has 1 aliphatic heterocycles. The molecule has 17 heteroatoms. The summed E-state index contributed by atoms with van der Waals surface area (Å²) < 4.78 is 51.9. The van der Waals surface area contributed by atoms with Gasteiger partial charge in [-0.25, -0.2) is 9.65 Å². The molecule has 3 aromatic carbocycles. The van der Waals surface area contributed by atoms with Crippen molar-refractivity contribution in [3.8, 4) is 17.6 Å². The molecule has 1 fully saturated rings. The van der Waals surface area contributed by atoms with Crippen LogP contribution in [0.25, 0.3) is 11.0 Å². The van der Waals surface area contributed by atoms with Gasteiger partial charge in [0.2, 0.25) is 11.9 Å². The average molecular weight is 887 g/mol. The molecule has 3 heterocycles. The van der Waals surface area contributed by atoms with Crippen molar-refractivity contribution < 1.29 is 37.5 Å². The third kappa shape index (κ3) is 10.0. The molecule has 0 saturated carbocycles. The van der Waals surface area contributed by atoms with E-state index in [0.717, 1.165) is 28.2 Å². The monoisotopic (exact) mass is 886 g/mol. The topological polar surface area (TPSA) is 179 Å². The van der Waals surface area contributed by atoms with Crippen LogP contribution >= 0.6 is 20.1 Å². The maximum atomic E-state index is 13.5. The number of aromatic nitrogens is 3. The summed E-state index contributed by atoms with van der Waals surface area (Å²) in [7, 11) is 3.18. The number of methoxy groups -OCH3 is 3. The molecular weight excluding hydrogens is 832 g/mol. The second kappa shape index (κ2) is 21.0. The first kappa shape index (κ1) is 46.7. The van der Waals surface area contributed by atoms with E-state index in [1.165, 1.54) is 0 Å². The number of nitrogens with one attached hydrogen (secondary N) is 2. The van der Waals surface area contributed by atoms with Gasteiger partial charge in [-0.1, -0.05) is 68.4 Å². The second-order valence-corrected chi connectivity index (χ2v) is 17.8. The second-order valence-electron chi connectivity index (χ2n) is 15.5. The maximum Gasteiger partial charge on any atom is 0.279 e. The van der Waals surface area contributed by atoms with Crippen LogP contribution < -0.4 is 20.3 Å². The van der Waals surface area contributed by atoms with Crippen LogP contribution in [0.2, 0.25) is 0 Å². The van der Waals surface area contributed by atoms with Gasteiger partial charge in [0.25, 0.3) is 14.1 Å². The molecule has 2 N–H and O–H groups in total. The van der Waals surface area contributed by atoms with Gasteiger partial charge in [0.05, 0.1) is 44.8 Å². The van der Waals surface area contributed by atoms with Crippen molar-refractivity contribution >= 4 is 42.9 Å². The molecule has 1 unspecified atom stereocenters. The molecule has 1 saturated heterocycles. The van der Waals surface area contributed by atoms with E-state index in [1.807, 2.05) is 78.9 Å². The number of benzene rings is 3. The van der Waals surface area contributed by atoms with E-state index in [0.29, 0.717) is 16.4 Å². The highest BCUT2D eigenvalue weighted by Crippen LogP contribution is 2.51. The van der Waals surface area contributed by atoms with E-state index in [2.05, 4.69) is 53.1 Å². The van der Waals surface area contributed by atoms with Gasteiger partial charge in [-0.2, -0.15) is 9.64 Å². The summed E-state index contributed by atoms with van der Waals surface area (Å²) in [6.45, 7) is 12.0. The number of carbonyl (C=O) groups excluding carboxylic acids is 1. The molecule has 15 nitrogen and oxygen atoms in total. The van der Waals surface area contributed by atoms with Crippen LogP contribution in [0, 0.1) is 17.2 Å². The fourth-order valence-corrected chi connectivity index (χ4v) is 10.0. The number of rotatable bonds is 20. The molecule has 6 rings (SSSR count). The predicted molar refractivity (Wildman–Crippen MR) is 238 cm³/mol. The highest BCUT2D eigenvalue weighted by Gasteiger charge is 2.53. The minimum absolute atomic E-state index is 0.0148. The van der Waals surface area contributed by atoms with Crippen LogP contribution in [0.1, 0.15) is 75.6 Å². The molecular formula is C45H55N6O9PS. The van der Waals surface area contributed by atoms with Crippen molar-refractivity contribution in [1.82, 2.24) is 19.0 Å². The van der Waals surface area contributed by atoms with Crippen molar-refractivity contribution in [2.75, 3.05) is 39.9 Å². The fraction of sp³-hybridized carbons (Fsp3) is 0.444. The number of ether oxygens (including phenoxy) is 5. The summed E-state index contributed by atoms with van der Waals surface area (Å²) in [5.41, 5.74) is 0.882. The normalized spacial score (nSPS) is 18.5. The van der Waals surface area contributed by atoms with Crippen LogP contribution in [0.3, 0.4) is 0 Å². The third-order valence-electron chi connectivity index (χ3n) is 10.5. The molecule has 5 atom stereocenters. The number of carbonyl (C=O) groups is 1. The lowest BCUT2D eigenvalue weighted by atomic mass is 9.79. The molecule has 0 bridgehead atoms. The lowest BCUT2D eigenvalue weighted by Gasteiger charge is -2.40. The number of hydrogen-bond acceptors (Lipinski definition) is 14. The van der Waals surface area contributed by atoms with Gasteiger partial charge >= 0.3 is 0 Å². The summed E-state index contributed by atoms with van der Waals surface area (Å²) >= 11 is 1.06. The van der Waals surface area contributed by atoms with Crippen molar-refractivity contribution in [2.45, 2.75) is 90.1 Å². The van der Waals surface area contributed by atoms with E-state index in [-0.39, 0.29) is 60.5 Å². The molecule has 62 heavy (non-hydrogen) atoms. The van der Waals surface area contributed by atoms with Gasteiger partial charge in [-0.05, 0) is 80.2 Å². The number of H-pyrrole nitrogens is 1. The van der Waals surface area contributed by atoms with Crippen molar-refractivity contribution in [3.05, 3.63) is 111 Å². The Morgan fingerprint density at radius 2 is 1.48 bits per heavy atom. The fourth-order valence-electron chi connectivity index (χ4n) is 7.54. The van der Waals surface area contributed by atoms with Gasteiger partial charge in [0, 0.05) is 25.1 Å². The highest BCUT2D eigenvalue weighted by atomic mass is 32.1. The Bertz CT molecular complexity index is 2280. The SMILES string of the molecule is COc1ccc(C(O[C@@H]2[C@H](OC)[C@@H](COP(OCCC#N)N(C(C)C)C(C)C)O[C@H]2c2snc3c(=O)[nH]c(NC(=O)C(C)C)nc23)(c2ccccc2)c2ccc(OC)cc2)cc1. The van der Waals surface area contributed by atoms with Crippen molar-refractivity contribution in [2.24, 2.45) is 5.92 Å². The van der Waals surface area contributed by atoms with Gasteiger partial charge in [-0.15, -0.1) is 0 Å². The largest absolute Gasteiger partial charge is 0.497 e. The summed E-state index contributed by atoms with van der Waals surface area (Å²) in [5.74, 6) is 0.632. The van der Waals surface area contributed by atoms with Crippen molar-refractivity contribution in [1.29, 1.82) is 5.26 Å². The summed E-state index contributed by atoms with van der Waals surface area (Å²) in [4.78, 5) is 34.2. The Hall–Kier alpha value is -4.82. The molecule has 330 valence electrons. The quantitative estimate of drug-likeness (QED) is 0.0435. The van der Waals surface area contributed by atoms with Gasteiger partial charge in [-0.3, -0.25) is 19.9 Å². The minimum atomic E-state index is -1.65. The number of hydrogen-bond donors (Lipinski definition) is 2. The molecule has 0 aliphatic carbocycles. The van der Waals surface area contributed by atoms with E-state index < -0.39 is 44.1 Å². The van der Waals surface area contributed by atoms with Crippen LogP contribution in [0.15, 0.2) is 83.7 Å². The van der Waals surface area contributed by atoms with Crippen LogP contribution in [-0.4, -0.2) is 89.9 Å². The van der Waals surface area contributed by atoms with Crippen LogP contribution in [0.5, 0.6) is 11.5 Å². The number of amides is 1. The first-order valence-electron chi connectivity index (χ1n) is 20.5. The van der Waals surface area contributed by atoms with E-state index >= 15 is 0 Å². The minimum Gasteiger partial charge on any atom is -0.497 e. The van der Waals surface area contributed by atoms with E-state index in [9.17, 15) is 14.9 Å². The van der Waals surface area contributed by atoms with Crippen LogP contribution in [0.4, 0.5) is 5.95 Å². The van der Waals surface area contributed by atoms with Gasteiger partial charge < -0.3 is 32.7 Å². The van der Waals surface area contributed by atoms with Crippen LogP contribution in [-0.2, 0) is 33.7 Å². The number of nitriles is 1. The Morgan fingerprint density at radius 1 is 0.887 bits per heavy atom. The Balaban J connectivity index is 1.54. The zero-order chi connectivity index (χ0) is 44.6. The zero-order valence-corrected chi connectivity index (χ0v) is 38.2. The Kier molecular flexibility index (Phi) is 15.8. The van der Waals surface area contributed by atoms with Gasteiger partial charge in [0.15, 0.2) is 5.52 Å². The average Bonchev–Trinajstić information content (AvgIpc) is 3.85. The third-order valence-corrected chi connectivity index (χ3v) is 13.4.